The third-order valence-electron chi connectivity index (χ3n) is 4.82. The lowest BCUT2D eigenvalue weighted by atomic mass is 10.1. The highest BCUT2D eigenvalue weighted by atomic mass is 16.5. The average molecular weight is 437 g/mol. The molecule has 32 heavy (non-hydrogen) atoms. The van der Waals surface area contributed by atoms with E-state index in [0.717, 1.165) is 22.4 Å². The first-order chi connectivity index (χ1) is 15.6. The molecule has 0 atom stereocenters. The van der Waals surface area contributed by atoms with Crippen LogP contribution in [0, 0.1) is 6.92 Å². The van der Waals surface area contributed by atoms with E-state index in [1.54, 1.807) is 13.2 Å². The van der Waals surface area contributed by atoms with Gasteiger partial charge in [-0.3, -0.25) is 9.51 Å². The SMILES string of the molecule is CCOCc1nc(-c2ccc(OC)cc2)oc1COc1ccc(-c2noc(=O)[nH]2)c(C)c1. The van der Waals surface area contributed by atoms with Crippen LogP contribution in [0.15, 0.2) is 56.2 Å². The smallest absolute Gasteiger partial charge is 0.439 e. The van der Waals surface area contributed by atoms with Crippen LogP contribution in [0.3, 0.4) is 0 Å². The zero-order valence-electron chi connectivity index (χ0n) is 18.0. The van der Waals surface area contributed by atoms with Gasteiger partial charge in [-0.05, 0) is 61.9 Å². The normalized spacial score (nSPS) is 11.0. The van der Waals surface area contributed by atoms with Gasteiger partial charge in [0.25, 0.3) is 0 Å². The summed E-state index contributed by atoms with van der Waals surface area (Å²) in [4.78, 5) is 18.3. The van der Waals surface area contributed by atoms with Crippen molar-refractivity contribution in [2.45, 2.75) is 27.1 Å². The fraction of sp³-hybridized carbons (Fsp3) is 0.261. The lowest BCUT2D eigenvalue weighted by molar-refractivity contribution is 0.128. The summed E-state index contributed by atoms with van der Waals surface area (Å²) in [6.07, 6.45) is 0. The molecule has 4 rings (SSSR count). The molecule has 4 aromatic rings. The summed E-state index contributed by atoms with van der Waals surface area (Å²) >= 11 is 0. The van der Waals surface area contributed by atoms with Crippen molar-refractivity contribution in [1.29, 1.82) is 0 Å². The van der Waals surface area contributed by atoms with E-state index < -0.39 is 5.76 Å². The molecule has 9 nitrogen and oxygen atoms in total. The Balaban J connectivity index is 1.53. The number of methoxy groups -OCH3 is 1. The van der Waals surface area contributed by atoms with Crippen LogP contribution in [0.25, 0.3) is 22.8 Å². The molecule has 2 aromatic heterocycles. The standard InChI is InChI=1S/C23H23N3O6/c1-4-29-12-19-20(31-22(24-19)15-5-7-16(28-3)8-6-15)13-30-17-9-10-18(14(2)11-17)21-25-23(27)32-26-21/h5-11H,4,12-13H2,1-3H3,(H,25,26,27). The van der Waals surface area contributed by atoms with Crippen LogP contribution < -0.4 is 15.2 Å². The Morgan fingerprint density at radius 1 is 1.06 bits per heavy atom. The maximum absolute atomic E-state index is 11.2. The van der Waals surface area contributed by atoms with Crippen LogP contribution in [-0.4, -0.2) is 28.8 Å². The van der Waals surface area contributed by atoms with E-state index in [4.69, 9.17) is 18.6 Å². The monoisotopic (exact) mass is 437 g/mol. The minimum absolute atomic E-state index is 0.186. The predicted molar refractivity (Wildman–Crippen MR) is 115 cm³/mol. The zero-order valence-corrected chi connectivity index (χ0v) is 18.0. The first-order valence-corrected chi connectivity index (χ1v) is 10.1. The maximum atomic E-state index is 11.2. The number of benzene rings is 2. The van der Waals surface area contributed by atoms with Crippen molar-refractivity contribution in [1.82, 2.24) is 15.1 Å². The maximum Gasteiger partial charge on any atom is 0.439 e. The molecule has 0 aliphatic carbocycles. The second-order valence-electron chi connectivity index (χ2n) is 6.96. The van der Waals surface area contributed by atoms with Crippen molar-refractivity contribution in [2.24, 2.45) is 0 Å². The largest absolute Gasteiger partial charge is 0.497 e. The van der Waals surface area contributed by atoms with Gasteiger partial charge in [0.15, 0.2) is 11.6 Å². The number of aromatic amines is 1. The third-order valence-corrected chi connectivity index (χ3v) is 4.82. The lowest BCUT2D eigenvalue weighted by Crippen LogP contribution is -2.01. The molecule has 0 bridgehead atoms. The Morgan fingerprint density at radius 3 is 2.50 bits per heavy atom. The van der Waals surface area contributed by atoms with E-state index in [1.165, 1.54) is 0 Å². The van der Waals surface area contributed by atoms with Gasteiger partial charge in [-0.25, -0.2) is 9.78 Å². The van der Waals surface area contributed by atoms with Gasteiger partial charge in [-0.1, -0.05) is 5.16 Å². The van der Waals surface area contributed by atoms with Crippen LogP contribution in [-0.2, 0) is 18.0 Å². The molecule has 0 radical (unpaired) electrons. The molecule has 0 aliphatic rings. The van der Waals surface area contributed by atoms with Crippen molar-refractivity contribution in [3.63, 3.8) is 0 Å². The molecule has 0 fully saturated rings. The molecule has 9 heteroatoms. The second-order valence-corrected chi connectivity index (χ2v) is 6.96. The minimum Gasteiger partial charge on any atom is -0.497 e. The summed E-state index contributed by atoms with van der Waals surface area (Å²) in [6, 6.07) is 12.9. The summed E-state index contributed by atoms with van der Waals surface area (Å²) in [5, 5.41) is 3.72. The van der Waals surface area contributed by atoms with Crippen molar-refractivity contribution < 1.29 is 23.2 Å². The number of ether oxygens (including phenoxy) is 3. The van der Waals surface area contributed by atoms with Crippen molar-refractivity contribution in [3.05, 3.63) is 70.0 Å². The highest BCUT2D eigenvalue weighted by Gasteiger charge is 2.16. The summed E-state index contributed by atoms with van der Waals surface area (Å²) < 4.78 is 27.3. The number of hydrogen-bond acceptors (Lipinski definition) is 8. The highest BCUT2D eigenvalue weighted by Crippen LogP contribution is 2.27. The number of aryl methyl sites for hydroxylation is 1. The fourth-order valence-electron chi connectivity index (χ4n) is 3.15. The molecule has 2 aromatic carbocycles. The third kappa shape index (κ3) is 4.73. The van der Waals surface area contributed by atoms with Crippen LogP contribution in [0.4, 0.5) is 0 Å². The van der Waals surface area contributed by atoms with E-state index >= 15 is 0 Å². The highest BCUT2D eigenvalue weighted by molar-refractivity contribution is 5.60. The molecule has 0 spiro atoms. The topological polar surface area (TPSA) is 113 Å². The number of H-pyrrole nitrogens is 1. The molecular weight excluding hydrogens is 414 g/mol. The van der Waals surface area contributed by atoms with E-state index in [1.807, 2.05) is 50.2 Å². The van der Waals surface area contributed by atoms with E-state index in [0.29, 0.717) is 42.1 Å². The fourth-order valence-corrected chi connectivity index (χ4v) is 3.15. The Morgan fingerprint density at radius 2 is 1.84 bits per heavy atom. The quantitative estimate of drug-likeness (QED) is 0.416. The van der Waals surface area contributed by atoms with Gasteiger partial charge in [-0.15, -0.1) is 0 Å². The van der Waals surface area contributed by atoms with E-state index in [9.17, 15) is 4.79 Å². The Kier molecular flexibility index (Phi) is 6.37. The Bertz CT molecular complexity index is 1240. The summed E-state index contributed by atoms with van der Waals surface area (Å²) in [6.45, 7) is 4.90. The van der Waals surface area contributed by atoms with Crippen molar-refractivity contribution in [3.8, 4) is 34.3 Å². The van der Waals surface area contributed by atoms with Gasteiger partial charge in [0.2, 0.25) is 5.89 Å². The number of hydrogen-bond donors (Lipinski definition) is 1. The average Bonchev–Trinajstić information content (AvgIpc) is 3.42. The first kappa shape index (κ1) is 21.4. The molecule has 0 aliphatic heterocycles. The lowest BCUT2D eigenvalue weighted by Gasteiger charge is -2.08. The Hall–Kier alpha value is -3.85. The van der Waals surface area contributed by atoms with Gasteiger partial charge in [0, 0.05) is 17.7 Å². The number of oxazole rings is 1. The minimum atomic E-state index is -0.598. The first-order valence-electron chi connectivity index (χ1n) is 10.1. The van der Waals surface area contributed by atoms with Gasteiger partial charge in [-0.2, -0.15) is 0 Å². The molecule has 1 N–H and O–H groups in total. The predicted octanol–water partition coefficient (Wildman–Crippen LogP) is 4.12. The summed E-state index contributed by atoms with van der Waals surface area (Å²) in [5.41, 5.74) is 3.14. The van der Waals surface area contributed by atoms with Crippen LogP contribution in [0.2, 0.25) is 0 Å². The summed E-state index contributed by atoms with van der Waals surface area (Å²) in [5.74, 6) is 2.25. The molecular formula is C23H23N3O6. The molecule has 166 valence electrons. The van der Waals surface area contributed by atoms with E-state index in [-0.39, 0.29) is 6.61 Å². The van der Waals surface area contributed by atoms with Gasteiger partial charge in [0.1, 0.15) is 23.8 Å². The number of nitrogens with zero attached hydrogens (tertiary/aromatic N) is 2. The molecule has 0 saturated heterocycles. The number of nitrogens with one attached hydrogen (secondary N) is 1. The van der Waals surface area contributed by atoms with Crippen molar-refractivity contribution in [2.75, 3.05) is 13.7 Å². The number of aromatic nitrogens is 3. The van der Waals surface area contributed by atoms with Crippen LogP contribution >= 0.6 is 0 Å². The van der Waals surface area contributed by atoms with Crippen LogP contribution in [0.5, 0.6) is 11.5 Å². The molecule has 2 heterocycles. The van der Waals surface area contributed by atoms with E-state index in [2.05, 4.69) is 19.6 Å². The van der Waals surface area contributed by atoms with Crippen molar-refractivity contribution >= 4 is 0 Å². The second kappa shape index (κ2) is 9.52. The molecule has 0 amide bonds. The van der Waals surface area contributed by atoms with Crippen LogP contribution in [0.1, 0.15) is 23.9 Å². The summed E-state index contributed by atoms with van der Waals surface area (Å²) in [7, 11) is 1.62. The zero-order chi connectivity index (χ0) is 22.5. The van der Waals surface area contributed by atoms with Gasteiger partial charge >= 0.3 is 5.76 Å². The molecule has 0 unspecified atom stereocenters. The Labute approximate surface area is 183 Å². The van der Waals surface area contributed by atoms with Gasteiger partial charge in [0.05, 0.1) is 13.7 Å². The molecule has 0 saturated carbocycles. The number of rotatable bonds is 9. The van der Waals surface area contributed by atoms with Gasteiger partial charge < -0.3 is 18.6 Å².